The molecule has 4 heteroatoms. The van der Waals surface area contributed by atoms with Crippen LogP contribution in [0.15, 0.2) is 54.6 Å². The lowest BCUT2D eigenvalue weighted by Gasteiger charge is -2.23. The summed E-state index contributed by atoms with van der Waals surface area (Å²) in [4.78, 5) is 12.0. The van der Waals surface area contributed by atoms with Gasteiger partial charge in [-0.2, -0.15) is 0 Å². The van der Waals surface area contributed by atoms with Crippen molar-refractivity contribution in [1.82, 2.24) is 5.32 Å². The van der Waals surface area contributed by atoms with Gasteiger partial charge in [-0.05, 0) is 49.6 Å². The van der Waals surface area contributed by atoms with Crippen LogP contribution in [0.5, 0.6) is 0 Å². The van der Waals surface area contributed by atoms with E-state index in [0.717, 1.165) is 6.42 Å². The van der Waals surface area contributed by atoms with Gasteiger partial charge in [-0.3, -0.25) is 4.79 Å². The number of halogens is 1. The van der Waals surface area contributed by atoms with Crippen molar-refractivity contribution in [3.05, 3.63) is 70.7 Å². The fourth-order valence-electron chi connectivity index (χ4n) is 2.12. The summed E-state index contributed by atoms with van der Waals surface area (Å²) < 4.78 is 0. The molecule has 2 aromatic rings. The fourth-order valence-corrected chi connectivity index (χ4v) is 2.25. The Bertz CT molecular complexity index is 609. The fraction of sp³-hybridized carbons (Fsp3) is 0.278. The first-order valence-corrected chi connectivity index (χ1v) is 7.64. The van der Waals surface area contributed by atoms with Gasteiger partial charge in [0.2, 0.25) is 0 Å². The van der Waals surface area contributed by atoms with Crippen molar-refractivity contribution >= 4 is 17.5 Å². The molecular formula is C18H20ClNO2. The maximum absolute atomic E-state index is 12.0. The van der Waals surface area contributed by atoms with Gasteiger partial charge >= 0.3 is 0 Å². The minimum atomic E-state index is -0.947. The molecular weight excluding hydrogens is 298 g/mol. The average molecular weight is 318 g/mol. The van der Waals surface area contributed by atoms with Crippen molar-refractivity contribution in [2.24, 2.45) is 0 Å². The largest absolute Gasteiger partial charge is 0.388 e. The van der Waals surface area contributed by atoms with Crippen LogP contribution in [0.3, 0.4) is 0 Å². The first-order chi connectivity index (χ1) is 10.5. The third-order valence-electron chi connectivity index (χ3n) is 3.53. The Kier molecular flexibility index (Phi) is 5.58. The van der Waals surface area contributed by atoms with Gasteiger partial charge in [0.25, 0.3) is 5.91 Å². The second kappa shape index (κ2) is 7.43. The van der Waals surface area contributed by atoms with Crippen LogP contribution in [-0.2, 0) is 6.42 Å². The van der Waals surface area contributed by atoms with Crippen LogP contribution in [0.2, 0.25) is 5.02 Å². The quantitative estimate of drug-likeness (QED) is 0.857. The van der Waals surface area contributed by atoms with Crippen LogP contribution in [-0.4, -0.2) is 23.2 Å². The summed E-state index contributed by atoms with van der Waals surface area (Å²) in [7, 11) is 0. The number of aliphatic hydroxyl groups is 1. The van der Waals surface area contributed by atoms with E-state index in [1.54, 1.807) is 31.2 Å². The molecule has 1 amide bonds. The van der Waals surface area contributed by atoms with Crippen molar-refractivity contribution in [2.75, 3.05) is 6.54 Å². The number of carbonyl (C=O) groups excluding carboxylic acids is 1. The number of carbonyl (C=O) groups is 1. The number of hydrogen-bond donors (Lipinski definition) is 2. The van der Waals surface area contributed by atoms with E-state index in [1.807, 2.05) is 30.3 Å². The Morgan fingerprint density at radius 1 is 1.14 bits per heavy atom. The van der Waals surface area contributed by atoms with E-state index in [2.05, 4.69) is 5.32 Å². The van der Waals surface area contributed by atoms with Crippen LogP contribution in [0.1, 0.15) is 29.3 Å². The van der Waals surface area contributed by atoms with Gasteiger partial charge < -0.3 is 10.4 Å². The number of rotatable bonds is 6. The number of aryl methyl sites for hydroxylation is 1. The average Bonchev–Trinajstić information content (AvgIpc) is 2.53. The molecule has 0 radical (unpaired) electrons. The van der Waals surface area contributed by atoms with E-state index in [0.29, 0.717) is 17.0 Å². The van der Waals surface area contributed by atoms with Crippen molar-refractivity contribution in [3.8, 4) is 0 Å². The minimum absolute atomic E-state index is 0.210. The topological polar surface area (TPSA) is 49.3 Å². The Morgan fingerprint density at radius 2 is 1.77 bits per heavy atom. The zero-order valence-electron chi connectivity index (χ0n) is 12.6. The van der Waals surface area contributed by atoms with Crippen LogP contribution < -0.4 is 5.32 Å². The number of nitrogens with one attached hydrogen (secondary N) is 1. The Morgan fingerprint density at radius 3 is 2.41 bits per heavy atom. The molecule has 0 saturated heterocycles. The first-order valence-electron chi connectivity index (χ1n) is 7.26. The monoisotopic (exact) mass is 317 g/mol. The summed E-state index contributed by atoms with van der Waals surface area (Å²) >= 11 is 5.79. The van der Waals surface area contributed by atoms with Crippen LogP contribution in [0.4, 0.5) is 0 Å². The minimum Gasteiger partial charge on any atom is -0.388 e. The normalized spacial score (nSPS) is 13.4. The molecule has 22 heavy (non-hydrogen) atoms. The standard InChI is InChI=1S/C18H20ClNO2/c1-18(22,12-11-14-5-3-2-4-6-14)13-20-17(21)15-7-9-16(19)10-8-15/h2-10,22H,11-13H2,1H3,(H,20,21). The molecule has 1 atom stereocenters. The van der Waals surface area contributed by atoms with E-state index in [1.165, 1.54) is 5.56 Å². The number of amides is 1. The third kappa shape index (κ3) is 5.17. The maximum atomic E-state index is 12.0. The number of benzene rings is 2. The summed E-state index contributed by atoms with van der Waals surface area (Å²) in [6, 6.07) is 16.7. The zero-order valence-corrected chi connectivity index (χ0v) is 13.3. The molecule has 1 unspecified atom stereocenters. The van der Waals surface area contributed by atoms with Crippen molar-refractivity contribution in [2.45, 2.75) is 25.4 Å². The molecule has 3 nitrogen and oxygen atoms in total. The second-order valence-corrected chi connectivity index (χ2v) is 6.11. The molecule has 2 aromatic carbocycles. The van der Waals surface area contributed by atoms with E-state index in [-0.39, 0.29) is 12.5 Å². The van der Waals surface area contributed by atoms with E-state index < -0.39 is 5.60 Å². The van der Waals surface area contributed by atoms with Crippen molar-refractivity contribution in [1.29, 1.82) is 0 Å². The summed E-state index contributed by atoms with van der Waals surface area (Å²) in [5.41, 5.74) is 0.757. The molecule has 2 rings (SSSR count). The molecule has 2 N–H and O–H groups in total. The van der Waals surface area contributed by atoms with E-state index >= 15 is 0 Å². The maximum Gasteiger partial charge on any atom is 0.251 e. The summed E-state index contributed by atoms with van der Waals surface area (Å²) in [5.74, 6) is -0.211. The predicted molar refractivity (Wildman–Crippen MR) is 89.2 cm³/mol. The highest BCUT2D eigenvalue weighted by Gasteiger charge is 2.21. The molecule has 0 heterocycles. The lowest BCUT2D eigenvalue weighted by molar-refractivity contribution is 0.0478. The van der Waals surface area contributed by atoms with E-state index in [9.17, 15) is 9.90 Å². The Hall–Kier alpha value is -1.84. The SMILES string of the molecule is CC(O)(CCc1ccccc1)CNC(=O)c1ccc(Cl)cc1. The molecule has 0 fully saturated rings. The third-order valence-corrected chi connectivity index (χ3v) is 3.78. The Balaban J connectivity index is 1.83. The molecule has 0 aliphatic rings. The first kappa shape index (κ1) is 16.5. The molecule has 116 valence electrons. The number of hydrogen-bond acceptors (Lipinski definition) is 2. The summed E-state index contributed by atoms with van der Waals surface area (Å²) in [6.45, 7) is 1.94. The predicted octanol–water partition coefficient (Wildman–Crippen LogP) is 3.45. The van der Waals surface area contributed by atoms with Crippen molar-refractivity contribution in [3.63, 3.8) is 0 Å². The molecule has 0 bridgehead atoms. The summed E-state index contributed by atoms with van der Waals surface area (Å²) in [6.07, 6.45) is 1.35. The Labute approximate surface area is 135 Å². The van der Waals surface area contributed by atoms with Gasteiger partial charge in [-0.1, -0.05) is 41.9 Å². The highest BCUT2D eigenvalue weighted by molar-refractivity contribution is 6.30. The van der Waals surface area contributed by atoms with Gasteiger partial charge in [0.15, 0.2) is 0 Å². The van der Waals surface area contributed by atoms with Crippen LogP contribution in [0, 0.1) is 0 Å². The van der Waals surface area contributed by atoms with Gasteiger partial charge in [0.1, 0.15) is 0 Å². The van der Waals surface area contributed by atoms with Gasteiger partial charge in [-0.15, -0.1) is 0 Å². The molecule has 0 spiro atoms. The summed E-state index contributed by atoms with van der Waals surface area (Å²) in [5, 5.41) is 13.7. The lowest BCUT2D eigenvalue weighted by Crippen LogP contribution is -2.41. The van der Waals surface area contributed by atoms with Crippen LogP contribution >= 0.6 is 11.6 Å². The zero-order chi connectivity index (χ0) is 16.0. The van der Waals surface area contributed by atoms with Gasteiger partial charge in [0.05, 0.1) is 5.60 Å². The van der Waals surface area contributed by atoms with Gasteiger partial charge in [0, 0.05) is 17.1 Å². The van der Waals surface area contributed by atoms with Crippen LogP contribution in [0.25, 0.3) is 0 Å². The van der Waals surface area contributed by atoms with Gasteiger partial charge in [-0.25, -0.2) is 0 Å². The highest BCUT2D eigenvalue weighted by atomic mass is 35.5. The van der Waals surface area contributed by atoms with Crippen molar-refractivity contribution < 1.29 is 9.90 Å². The van der Waals surface area contributed by atoms with E-state index in [4.69, 9.17) is 11.6 Å². The molecule has 0 aliphatic heterocycles. The molecule has 0 aliphatic carbocycles. The second-order valence-electron chi connectivity index (χ2n) is 5.67. The smallest absolute Gasteiger partial charge is 0.251 e. The lowest BCUT2D eigenvalue weighted by atomic mass is 9.96. The molecule has 0 aromatic heterocycles. The highest BCUT2D eigenvalue weighted by Crippen LogP contribution is 2.14. The molecule has 0 saturated carbocycles.